The largest absolute Gasteiger partial charge is 0.348 e. The van der Waals surface area contributed by atoms with Gasteiger partial charge in [0.15, 0.2) is 0 Å². The summed E-state index contributed by atoms with van der Waals surface area (Å²) in [5.41, 5.74) is 2.92. The zero-order chi connectivity index (χ0) is 17.4. The number of urea groups is 1. The highest BCUT2D eigenvalue weighted by molar-refractivity contribution is 5.92. The van der Waals surface area contributed by atoms with Crippen molar-refractivity contribution in [2.24, 2.45) is 0 Å². The molecule has 0 aliphatic rings. The lowest BCUT2D eigenvalue weighted by Gasteiger charge is -2.18. The molecule has 1 atom stereocenters. The average molecular weight is 325 g/mol. The summed E-state index contributed by atoms with van der Waals surface area (Å²) < 4.78 is 0. The van der Waals surface area contributed by atoms with Gasteiger partial charge in [-0.15, -0.1) is 0 Å². The number of amides is 3. The Morgan fingerprint density at radius 3 is 2.29 bits per heavy atom. The number of anilines is 1. The van der Waals surface area contributed by atoms with Gasteiger partial charge in [-0.3, -0.25) is 4.79 Å². The number of carbonyl (C=O) groups excluding carboxylic acids is 2. The van der Waals surface area contributed by atoms with E-state index in [2.05, 4.69) is 16.0 Å². The Morgan fingerprint density at radius 2 is 1.67 bits per heavy atom. The molecule has 5 nitrogen and oxygen atoms in total. The number of hydrogen-bond acceptors (Lipinski definition) is 2. The normalized spacial score (nSPS) is 11.4. The molecule has 3 N–H and O–H groups in total. The first-order valence-electron chi connectivity index (χ1n) is 8.04. The van der Waals surface area contributed by atoms with Crippen LogP contribution in [0.3, 0.4) is 0 Å². The van der Waals surface area contributed by atoms with E-state index in [0.29, 0.717) is 5.69 Å². The summed E-state index contributed by atoms with van der Waals surface area (Å²) in [4.78, 5) is 23.8. The Morgan fingerprint density at radius 1 is 1.00 bits per heavy atom. The van der Waals surface area contributed by atoms with Gasteiger partial charge in [-0.25, -0.2) is 4.79 Å². The van der Waals surface area contributed by atoms with Gasteiger partial charge < -0.3 is 16.0 Å². The highest BCUT2D eigenvalue weighted by Crippen LogP contribution is 2.16. The molecule has 3 amide bonds. The maximum absolute atomic E-state index is 12.1. The second kappa shape index (κ2) is 8.72. The van der Waals surface area contributed by atoms with E-state index < -0.39 is 6.03 Å². The van der Waals surface area contributed by atoms with Crippen LogP contribution in [0.2, 0.25) is 0 Å². The molecule has 0 bridgehead atoms. The fraction of sp³-hybridized carbons (Fsp3) is 0.263. The number of nitrogens with one attached hydrogen (secondary N) is 3. The Hall–Kier alpha value is -2.82. The topological polar surface area (TPSA) is 70.2 Å². The summed E-state index contributed by atoms with van der Waals surface area (Å²) in [6.45, 7) is 3.97. The van der Waals surface area contributed by atoms with Crippen molar-refractivity contribution in [2.75, 3.05) is 11.9 Å². The van der Waals surface area contributed by atoms with E-state index in [4.69, 9.17) is 0 Å². The molecule has 5 heteroatoms. The minimum Gasteiger partial charge on any atom is -0.348 e. The standard InChI is InChI=1S/C19H23N3O2/c1-3-17(15-11-9-14(2)10-12-15)22-18(23)13-20-19(24)21-16-7-5-4-6-8-16/h4-12,17H,3,13H2,1-2H3,(H,22,23)(H2,20,21,24)/t17-/m1/s1. The third-order valence-electron chi connectivity index (χ3n) is 3.66. The molecule has 0 aromatic heterocycles. The van der Waals surface area contributed by atoms with Crippen LogP contribution in [0.5, 0.6) is 0 Å². The SMILES string of the molecule is CC[C@@H](NC(=O)CNC(=O)Nc1ccccc1)c1ccc(C)cc1. The number of rotatable bonds is 6. The van der Waals surface area contributed by atoms with Gasteiger partial charge in [-0.1, -0.05) is 55.0 Å². The Kier molecular flexibility index (Phi) is 6.37. The molecule has 0 radical (unpaired) electrons. The average Bonchev–Trinajstić information content (AvgIpc) is 2.59. The molecule has 0 aliphatic heterocycles. The van der Waals surface area contributed by atoms with E-state index >= 15 is 0 Å². The Balaban J connectivity index is 1.81. The number of aryl methyl sites for hydroxylation is 1. The van der Waals surface area contributed by atoms with Crippen molar-refractivity contribution >= 4 is 17.6 Å². The van der Waals surface area contributed by atoms with Crippen LogP contribution >= 0.6 is 0 Å². The third-order valence-corrected chi connectivity index (χ3v) is 3.66. The first-order valence-corrected chi connectivity index (χ1v) is 8.04. The van der Waals surface area contributed by atoms with Crippen LogP contribution in [0.1, 0.15) is 30.5 Å². The Labute approximate surface area is 142 Å². The number of para-hydroxylation sites is 1. The monoisotopic (exact) mass is 325 g/mol. The number of benzene rings is 2. The lowest BCUT2D eigenvalue weighted by molar-refractivity contribution is -0.120. The minimum absolute atomic E-state index is 0.0583. The Bertz CT molecular complexity index is 669. The molecule has 0 aliphatic carbocycles. The fourth-order valence-electron chi connectivity index (χ4n) is 2.32. The van der Waals surface area contributed by atoms with Crippen molar-refractivity contribution in [3.63, 3.8) is 0 Å². The van der Waals surface area contributed by atoms with Crippen LogP contribution in [0.25, 0.3) is 0 Å². The molecule has 2 aromatic carbocycles. The first-order chi connectivity index (χ1) is 11.6. The molecule has 0 unspecified atom stereocenters. The van der Waals surface area contributed by atoms with Crippen molar-refractivity contribution in [1.29, 1.82) is 0 Å². The molecular formula is C19H23N3O2. The molecule has 2 aromatic rings. The van der Waals surface area contributed by atoms with E-state index in [9.17, 15) is 9.59 Å². The predicted molar refractivity (Wildman–Crippen MR) is 95.8 cm³/mol. The third kappa shape index (κ3) is 5.43. The van der Waals surface area contributed by atoms with Gasteiger partial charge in [-0.2, -0.15) is 0 Å². The summed E-state index contributed by atoms with van der Waals surface area (Å²) in [6.07, 6.45) is 0.783. The zero-order valence-corrected chi connectivity index (χ0v) is 14.0. The smallest absolute Gasteiger partial charge is 0.319 e. The lowest BCUT2D eigenvalue weighted by atomic mass is 10.0. The zero-order valence-electron chi connectivity index (χ0n) is 14.0. The summed E-state index contributed by atoms with van der Waals surface area (Å²) >= 11 is 0. The molecular weight excluding hydrogens is 302 g/mol. The highest BCUT2D eigenvalue weighted by atomic mass is 16.2. The predicted octanol–water partition coefficient (Wildman–Crippen LogP) is 3.38. The summed E-state index contributed by atoms with van der Waals surface area (Å²) in [7, 11) is 0. The number of carbonyl (C=O) groups is 2. The van der Waals surface area contributed by atoms with Crippen molar-refractivity contribution in [3.8, 4) is 0 Å². The van der Waals surface area contributed by atoms with E-state index in [0.717, 1.165) is 12.0 Å². The van der Waals surface area contributed by atoms with Crippen LogP contribution in [0.15, 0.2) is 54.6 Å². The second-order valence-corrected chi connectivity index (χ2v) is 5.61. The maximum atomic E-state index is 12.1. The summed E-state index contributed by atoms with van der Waals surface area (Å²) in [6, 6.07) is 16.7. The lowest BCUT2D eigenvalue weighted by Crippen LogP contribution is -2.40. The molecule has 0 spiro atoms. The number of hydrogen-bond donors (Lipinski definition) is 3. The van der Waals surface area contributed by atoms with Gasteiger partial charge in [0.25, 0.3) is 0 Å². The molecule has 2 rings (SSSR count). The van der Waals surface area contributed by atoms with Crippen LogP contribution in [-0.2, 0) is 4.79 Å². The van der Waals surface area contributed by atoms with Gasteiger partial charge in [-0.05, 0) is 31.0 Å². The summed E-state index contributed by atoms with van der Waals surface area (Å²) in [5, 5.41) is 8.17. The van der Waals surface area contributed by atoms with Gasteiger partial charge in [0.2, 0.25) is 5.91 Å². The molecule has 0 heterocycles. The summed E-state index contributed by atoms with van der Waals surface area (Å²) in [5.74, 6) is -0.217. The van der Waals surface area contributed by atoms with Crippen molar-refractivity contribution < 1.29 is 9.59 Å². The molecule has 24 heavy (non-hydrogen) atoms. The minimum atomic E-state index is -0.403. The molecule has 0 saturated heterocycles. The van der Waals surface area contributed by atoms with Crippen LogP contribution < -0.4 is 16.0 Å². The van der Waals surface area contributed by atoms with Crippen molar-refractivity contribution in [2.45, 2.75) is 26.3 Å². The van der Waals surface area contributed by atoms with E-state index in [-0.39, 0.29) is 18.5 Å². The fourth-order valence-corrected chi connectivity index (χ4v) is 2.32. The van der Waals surface area contributed by atoms with E-state index in [1.54, 1.807) is 12.1 Å². The van der Waals surface area contributed by atoms with Gasteiger partial charge in [0.1, 0.15) is 0 Å². The quantitative estimate of drug-likeness (QED) is 0.762. The van der Waals surface area contributed by atoms with E-state index in [1.165, 1.54) is 5.56 Å². The van der Waals surface area contributed by atoms with Crippen molar-refractivity contribution in [1.82, 2.24) is 10.6 Å². The van der Waals surface area contributed by atoms with Gasteiger partial charge >= 0.3 is 6.03 Å². The second-order valence-electron chi connectivity index (χ2n) is 5.61. The van der Waals surface area contributed by atoms with Crippen LogP contribution in [0.4, 0.5) is 10.5 Å². The van der Waals surface area contributed by atoms with Gasteiger partial charge in [0.05, 0.1) is 12.6 Å². The van der Waals surface area contributed by atoms with Crippen LogP contribution in [0, 0.1) is 6.92 Å². The molecule has 126 valence electrons. The maximum Gasteiger partial charge on any atom is 0.319 e. The van der Waals surface area contributed by atoms with E-state index in [1.807, 2.05) is 56.3 Å². The van der Waals surface area contributed by atoms with Crippen LogP contribution in [-0.4, -0.2) is 18.5 Å². The highest BCUT2D eigenvalue weighted by Gasteiger charge is 2.13. The van der Waals surface area contributed by atoms with Crippen molar-refractivity contribution in [3.05, 3.63) is 65.7 Å². The van der Waals surface area contributed by atoms with Gasteiger partial charge in [0, 0.05) is 5.69 Å². The first kappa shape index (κ1) is 17.5. The molecule has 0 saturated carbocycles. The molecule has 0 fully saturated rings.